The first kappa shape index (κ1) is 8.35. The molecule has 0 N–H and O–H groups in total. The summed E-state index contributed by atoms with van der Waals surface area (Å²) in [5.41, 5.74) is 0. The van der Waals surface area contributed by atoms with Crippen LogP contribution in [-0.4, -0.2) is 29.9 Å². The van der Waals surface area contributed by atoms with Gasteiger partial charge in [0.1, 0.15) is 0 Å². The fourth-order valence-corrected chi connectivity index (χ4v) is 1.71. The Balaban J connectivity index is 2.28. The Morgan fingerprint density at radius 2 is 2.30 bits per heavy atom. The molecule has 1 heterocycles. The molecule has 60 valence electrons. The van der Waals surface area contributed by atoms with E-state index in [9.17, 15) is 0 Å². The van der Waals surface area contributed by atoms with Crippen molar-refractivity contribution in [1.29, 1.82) is 0 Å². The first-order valence-corrected chi connectivity index (χ1v) is 4.57. The monoisotopic (exact) mass is 161 g/mol. The maximum Gasteiger partial charge on any atom is 0.0264 e. The minimum atomic E-state index is 0.702. The summed E-state index contributed by atoms with van der Waals surface area (Å²) < 4.78 is 0. The molecule has 2 heteroatoms. The lowest BCUT2D eigenvalue weighted by Crippen LogP contribution is -2.28. The zero-order valence-electron chi connectivity index (χ0n) is 6.81. The standard InChI is InChI=1S/C8H16ClN/c1-7(2)10-4-3-8(5-9)6-10/h7-8H,3-6H2,1-2H3/t8-/m1/s1. The third kappa shape index (κ3) is 1.86. The topological polar surface area (TPSA) is 3.24 Å². The molecule has 1 fully saturated rings. The predicted molar refractivity (Wildman–Crippen MR) is 45.5 cm³/mol. The van der Waals surface area contributed by atoms with Gasteiger partial charge in [0.25, 0.3) is 0 Å². The lowest BCUT2D eigenvalue weighted by Gasteiger charge is -2.19. The van der Waals surface area contributed by atoms with E-state index in [4.69, 9.17) is 11.6 Å². The zero-order valence-corrected chi connectivity index (χ0v) is 7.56. The Morgan fingerprint density at radius 3 is 2.60 bits per heavy atom. The summed E-state index contributed by atoms with van der Waals surface area (Å²) in [6.07, 6.45) is 1.29. The molecule has 0 aromatic heterocycles. The van der Waals surface area contributed by atoms with E-state index in [1.807, 2.05) is 0 Å². The molecule has 10 heavy (non-hydrogen) atoms. The van der Waals surface area contributed by atoms with Crippen LogP contribution in [0, 0.1) is 5.92 Å². The Hall–Kier alpha value is 0.250. The Bertz CT molecular complexity index is 103. The number of alkyl halides is 1. The third-order valence-electron chi connectivity index (χ3n) is 2.27. The molecule has 1 nitrogen and oxygen atoms in total. The van der Waals surface area contributed by atoms with E-state index in [2.05, 4.69) is 18.7 Å². The molecule has 0 aromatic carbocycles. The first-order valence-electron chi connectivity index (χ1n) is 4.04. The van der Waals surface area contributed by atoms with Gasteiger partial charge in [-0.15, -0.1) is 11.6 Å². The van der Waals surface area contributed by atoms with E-state index in [1.165, 1.54) is 19.5 Å². The van der Waals surface area contributed by atoms with Crippen LogP contribution in [0.15, 0.2) is 0 Å². The summed E-state index contributed by atoms with van der Waals surface area (Å²) in [5.74, 6) is 1.59. The number of halogens is 1. The van der Waals surface area contributed by atoms with Crippen molar-refractivity contribution in [2.75, 3.05) is 19.0 Å². The van der Waals surface area contributed by atoms with Crippen LogP contribution in [-0.2, 0) is 0 Å². The minimum Gasteiger partial charge on any atom is -0.301 e. The fraction of sp³-hybridized carbons (Fsp3) is 1.00. The molecule has 0 spiro atoms. The number of rotatable bonds is 2. The van der Waals surface area contributed by atoms with Crippen LogP contribution in [0.2, 0.25) is 0 Å². The van der Waals surface area contributed by atoms with Gasteiger partial charge < -0.3 is 4.90 Å². The minimum absolute atomic E-state index is 0.702. The first-order chi connectivity index (χ1) is 4.74. The van der Waals surface area contributed by atoms with Gasteiger partial charge in [-0.1, -0.05) is 0 Å². The predicted octanol–water partition coefficient (Wildman–Crippen LogP) is 1.96. The van der Waals surface area contributed by atoms with Gasteiger partial charge in [-0.05, 0) is 32.7 Å². The number of hydrogen-bond donors (Lipinski definition) is 0. The van der Waals surface area contributed by atoms with Crippen molar-refractivity contribution in [1.82, 2.24) is 4.90 Å². The highest BCUT2D eigenvalue weighted by Gasteiger charge is 2.22. The molecule has 1 aliphatic rings. The average molecular weight is 162 g/mol. The van der Waals surface area contributed by atoms with E-state index in [0.29, 0.717) is 6.04 Å². The molecule has 0 radical (unpaired) electrons. The van der Waals surface area contributed by atoms with Crippen molar-refractivity contribution in [2.24, 2.45) is 5.92 Å². The van der Waals surface area contributed by atoms with Gasteiger partial charge in [0.05, 0.1) is 0 Å². The molecule has 1 atom stereocenters. The van der Waals surface area contributed by atoms with Gasteiger partial charge in [0.2, 0.25) is 0 Å². The quantitative estimate of drug-likeness (QED) is 0.560. The van der Waals surface area contributed by atoms with Crippen molar-refractivity contribution >= 4 is 11.6 Å². The zero-order chi connectivity index (χ0) is 7.56. The van der Waals surface area contributed by atoms with Crippen LogP contribution in [0.4, 0.5) is 0 Å². The summed E-state index contributed by atoms with van der Waals surface area (Å²) in [7, 11) is 0. The van der Waals surface area contributed by atoms with Crippen LogP contribution in [0.1, 0.15) is 20.3 Å². The SMILES string of the molecule is CC(C)N1CC[C@H](CCl)C1. The second-order valence-electron chi connectivity index (χ2n) is 3.40. The van der Waals surface area contributed by atoms with Gasteiger partial charge in [0, 0.05) is 18.5 Å². The molecule has 0 amide bonds. The highest BCUT2D eigenvalue weighted by atomic mass is 35.5. The normalized spacial score (nSPS) is 28.2. The van der Waals surface area contributed by atoms with E-state index in [0.717, 1.165) is 11.8 Å². The van der Waals surface area contributed by atoms with Gasteiger partial charge in [0.15, 0.2) is 0 Å². The third-order valence-corrected chi connectivity index (χ3v) is 2.70. The summed E-state index contributed by atoms with van der Waals surface area (Å²) in [6.45, 7) is 6.95. The van der Waals surface area contributed by atoms with Crippen molar-refractivity contribution < 1.29 is 0 Å². The highest BCUT2D eigenvalue weighted by molar-refractivity contribution is 6.18. The van der Waals surface area contributed by atoms with Crippen molar-refractivity contribution in [3.05, 3.63) is 0 Å². The molecule has 1 aliphatic heterocycles. The van der Waals surface area contributed by atoms with Crippen LogP contribution in [0.25, 0.3) is 0 Å². The van der Waals surface area contributed by atoms with Crippen LogP contribution < -0.4 is 0 Å². The average Bonchev–Trinajstić information content (AvgIpc) is 2.34. The molecule has 1 saturated heterocycles. The van der Waals surface area contributed by atoms with Crippen LogP contribution >= 0.6 is 11.6 Å². The molecule has 0 aliphatic carbocycles. The largest absolute Gasteiger partial charge is 0.301 e. The maximum atomic E-state index is 5.75. The molecule has 0 bridgehead atoms. The lowest BCUT2D eigenvalue weighted by atomic mass is 10.2. The molecule has 0 unspecified atom stereocenters. The Labute approximate surface area is 68.4 Å². The van der Waals surface area contributed by atoms with Crippen LogP contribution in [0.5, 0.6) is 0 Å². The van der Waals surface area contributed by atoms with Gasteiger partial charge in [-0.3, -0.25) is 0 Å². The second-order valence-corrected chi connectivity index (χ2v) is 3.71. The molecule has 0 aromatic rings. The maximum absolute atomic E-state index is 5.75. The summed E-state index contributed by atoms with van der Waals surface area (Å²) in [5, 5.41) is 0. The number of hydrogen-bond acceptors (Lipinski definition) is 1. The Morgan fingerprint density at radius 1 is 1.60 bits per heavy atom. The van der Waals surface area contributed by atoms with E-state index < -0.39 is 0 Å². The fourth-order valence-electron chi connectivity index (χ4n) is 1.46. The number of nitrogens with zero attached hydrogens (tertiary/aromatic N) is 1. The second kappa shape index (κ2) is 3.59. The summed E-state index contributed by atoms with van der Waals surface area (Å²) >= 11 is 5.75. The van der Waals surface area contributed by atoms with E-state index in [1.54, 1.807) is 0 Å². The van der Waals surface area contributed by atoms with Gasteiger partial charge >= 0.3 is 0 Å². The van der Waals surface area contributed by atoms with Crippen molar-refractivity contribution in [2.45, 2.75) is 26.3 Å². The molecular formula is C8H16ClN. The smallest absolute Gasteiger partial charge is 0.0264 e. The number of likely N-dealkylation sites (tertiary alicyclic amines) is 1. The summed E-state index contributed by atoms with van der Waals surface area (Å²) in [6, 6.07) is 0.702. The molecule has 1 rings (SSSR count). The van der Waals surface area contributed by atoms with Crippen LogP contribution in [0.3, 0.4) is 0 Å². The van der Waals surface area contributed by atoms with E-state index >= 15 is 0 Å². The molecular weight excluding hydrogens is 146 g/mol. The Kier molecular flexibility index (Phi) is 2.99. The van der Waals surface area contributed by atoms with Crippen molar-refractivity contribution in [3.8, 4) is 0 Å². The van der Waals surface area contributed by atoms with Gasteiger partial charge in [-0.25, -0.2) is 0 Å². The summed E-state index contributed by atoms with van der Waals surface area (Å²) in [4.78, 5) is 2.49. The van der Waals surface area contributed by atoms with E-state index in [-0.39, 0.29) is 0 Å². The molecule has 0 saturated carbocycles. The van der Waals surface area contributed by atoms with Gasteiger partial charge in [-0.2, -0.15) is 0 Å². The van der Waals surface area contributed by atoms with Crippen molar-refractivity contribution in [3.63, 3.8) is 0 Å². The lowest BCUT2D eigenvalue weighted by molar-refractivity contribution is 0.268. The highest BCUT2D eigenvalue weighted by Crippen LogP contribution is 2.18.